The van der Waals surface area contributed by atoms with Crippen LogP contribution < -0.4 is 5.14 Å². The molecule has 1 heterocycles. The molecule has 0 bridgehead atoms. The fourth-order valence-electron chi connectivity index (χ4n) is 0.902. The summed E-state index contributed by atoms with van der Waals surface area (Å²) in [6.45, 7) is 4.19. The number of rotatable bonds is 4. The van der Waals surface area contributed by atoms with Gasteiger partial charge in [0, 0.05) is 5.92 Å². The van der Waals surface area contributed by atoms with Crippen LogP contribution in [0.2, 0.25) is 0 Å². The fraction of sp³-hybridized carbons (Fsp3) is 0.714. The molecule has 0 aliphatic carbocycles. The molecule has 14 heavy (non-hydrogen) atoms. The van der Waals surface area contributed by atoms with Crippen LogP contribution in [0.5, 0.6) is 0 Å². The maximum Gasteiger partial charge on any atom is 0.210 e. The number of hydrogen-bond acceptors (Lipinski definition) is 4. The monoisotopic (exact) mass is 218 g/mol. The molecule has 0 atom stereocenters. The van der Waals surface area contributed by atoms with E-state index in [2.05, 4.69) is 10.1 Å². The van der Waals surface area contributed by atoms with Crippen molar-refractivity contribution in [3.63, 3.8) is 0 Å². The van der Waals surface area contributed by atoms with E-state index < -0.39 is 10.0 Å². The van der Waals surface area contributed by atoms with Gasteiger partial charge < -0.3 is 0 Å². The van der Waals surface area contributed by atoms with Gasteiger partial charge in [0.1, 0.15) is 6.33 Å². The SMILES string of the molecule is CC(C)c1ncn(CCS(N)(=O)=O)n1. The van der Waals surface area contributed by atoms with E-state index in [0.29, 0.717) is 5.82 Å². The Morgan fingerprint density at radius 2 is 2.21 bits per heavy atom. The van der Waals surface area contributed by atoms with Crippen molar-refractivity contribution in [3.05, 3.63) is 12.2 Å². The molecule has 2 N–H and O–H groups in total. The first kappa shape index (κ1) is 11.1. The molecule has 7 heteroatoms. The Bertz CT molecular complexity index is 396. The predicted octanol–water partition coefficient (Wildman–Crippen LogP) is -0.310. The van der Waals surface area contributed by atoms with Crippen molar-refractivity contribution in [2.75, 3.05) is 5.75 Å². The minimum absolute atomic E-state index is 0.117. The Morgan fingerprint density at radius 1 is 1.57 bits per heavy atom. The van der Waals surface area contributed by atoms with Crippen molar-refractivity contribution < 1.29 is 8.42 Å². The average molecular weight is 218 g/mol. The topological polar surface area (TPSA) is 90.9 Å². The van der Waals surface area contributed by atoms with Crippen LogP contribution in [0.4, 0.5) is 0 Å². The van der Waals surface area contributed by atoms with Crippen LogP contribution in [-0.2, 0) is 16.6 Å². The summed E-state index contributed by atoms with van der Waals surface area (Å²) >= 11 is 0. The van der Waals surface area contributed by atoms with Crippen LogP contribution in [0.1, 0.15) is 25.6 Å². The summed E-state index contributed by atoms with van der Waals surface area (Å²) in [7, 11) is -3.42. The molecule has 0 amide bonds. The molecule has 80 valence electrons. The Morgan fingerprint density at radius 3 is 2.64 bits per heavy atom. The summed E-state index contributed by atoms with van der Waals surface area (Å²) in [4.78, 5) is 4.03. The van der Waals surface area contributed by atoms with Crippen molar-refractivity contribution in [1.29, 1.82) is 0 Å². The lowest BCUT2D eigenvalue weighted by Gasteiger charge is -1.99. The van der Waals surface area contributed by atoms with E-state index in [1.165, 1.54) is 11.0 Å². The lowest BCUT2D eigenvalue weighted by Crippen LogP contribution is -2.20. The number of aryl methyl sites for hydroxylation is 1. The van der Waals surface area contributed by atoms with E-state index in [0.717, 1.165) is 0 Å². The molecule has 0 saturated carbocycles. The summed E-state index contributed by atoms with van der Waals surface area (Å²) < 4.78 is 22.8. The number of primary sulfonamides is 1. The summed E-state index contributed by atoms with van der Waals surface area (Å²) in [5.74, 6) is 0.832. The number of nitrogens with two attached hydrogens (primary N) is 1. The minimum atomic E-state index is -3.42. The van der Waals surface area contributed by atoms with Crippen molar-refractivity contribution in [2.24, 2.45) is 5.14 Å². The zero-order valence-electron chi connectivity index (χ0n) is 8.21. The Kier molecular flexibility index (Phi) is 3.22. The molecule has 0 aromatic carbocycles. The zero-order chi connectivity index (χ0) is 10.8. The van der Waals surface area contributed by atoms with Crippen molar-refractivity contribution in [2.45, 2.75) is 26.3 Å². The van der Waals surface area contributed by atoms with Crippen LogP contribution >= 0.6 is 0 Å². The Labute approximate surface area is 83.2 Å². The van der Waals surface area contributed by atoms with Crippen molar-refractivity contribution >= 4 is 10.0 Å². The summed E-state index contributed by atoms with van der Waals surface area (Å²) in [6.07, 6.45) is 1.51. The molecule has 0 unspecified atom stereocenters. The highest BCUT2D eigenvalue weighted by Crippen LogP contribution is 2.06. The van der Waals surface area contributed by atoms with E-state index >= 15 is 0 Å². The van der Waals surface area contributed by atoms with Crippen molar-refractivity contribution in [1.82, 2.24) is 14.8 Å². The maximum absolute atomic E-state index is 10.7. The molecule has 0 radical (unpaired) electrons. The lowest BCUT2D eigenvalue weighted by atomic mass is 10.2. The van der Waals surface area contributed by atoms with E-state index in [4.69, 9.17) is 5.14 Å². The largest absolute Gasteiger partial charge is 0.252 e. The molecule has 0 aliphatic rings. The molecule has 0 aliphatic heterocycles. The van der Waals surface area contributed by atoms with Gasteiger partial charge in [-0.15, -0.1) is 0 Å². The second-order valence-corrected chi connectivity index (χ2v) is 5.12. The molecule has 0 fully saturated rings. The fourth-order valence-corrected chi connectivity index (χ4v) is 1.34. The average Bonchev–Trinajstić information content (AvgIpc) is 2.47. The van der Waals surface area contributed by atoms with E-state index in [1.54, 1.807) is 0 Å². The van der Waals surface area contributed by atoms with Gasteiger partial charge in [-0.1, -0.05) is 13.8 Å². The van der Waals surface area contributed by atoms with Crippen molar-refractivity contribution in [3.8, 4) is 0 Å². The second kappa shape index (κ2) is 4.05. The normalized spacial score (nSPS) is 12.3. The van der Waals surface area contributed by atoms with E-state index in [1.807, 2.05) is 13.8 Å². The molecular formula is C7H14N4O2S. The first-order chi connectivity index (χ1) is 6.38. The number of sulfonamides is 1. The molecule has 1 aromatic heterocycles. The molecule has 1 rings (SSSR count). The highest BCUT2D eigenvalue weighted by atomic mass is 32.2. The van der Waals surface area contributed by atoms with Gasteiger partial charge in [0.2, 0.25) is 10.0 Å². The Balaban J connectivity index is 2.61. The molecule has 6 nitrogen and oxygen atoms in total. The van der Waals surface area contributed by atoms with Gasteiger partial charge in [-0.05, 0) is 0 Å². The Hall–Kier alpha value is -0.950. The highest BCUT2D eigenvalue weighted by molar-refractivity contribution is 7.89. The second-order valence-electron chi connectivity index (χ2n) is 3.39. The smallest absolute Gasteiger partial charge is 0.210 e. The third-order valence-corrected chi connectivity index (χ3v) is 2.43. The van der Waals surface area contributed by atoms with Crippen LogP contribution in [-0.4, -0.2) is 28.9 Å². The first-order valence-corrected chi connectivity index (χ1v) is 6.00. The number of nitrogens with zero attached hydrogens (tertiary/aromatic N) is 3. The maximum atomic E-state index is 10.7. The molecule has 1 aromatic rings. The minimum Gasteiger partial charge on any atom is -0.252 e. The van der Waals surface area contributed by atoms with E-state index in [-0.39, 0.29) is 18.2 Å². The predicted molar refractivity (Wildman–Crippen MR) is 52.1 cm³/mol. The van der Waals surface area contributed by atoms with Gasteiger partial charge >= 0.3 is 0 Å². The number of aromatic nitrogens is 3. The van der Waals surface area contributed by atoms with Crippen LogP contribution in [0.15, 0.2) is 6.33 Å². The third-order valence-electron chi connectivity index (χ3n) is 1.68. The van der Waals surface area contributed by atoms with Crippen LogP contribution in [0.25, 0.3) is 0 Å². The van der Waals surface area contributed by atoms with Gasteiger partial charge in [-0.2, -0.15) is 5.10 Å². The van der Waals surface area contributed by atoms with Gasteiger partial charge in [0.05, 0.1) is 12.3 Å². The number of hydrogen-bond donors (Lipinski definition) is 1. The third kappa shape index (κ3) is 3.43. The molecular weight excluding hydrogens is 204 g/mol. The quantitative estimate of drug-likeness (QED) is 0.750. The lowest BCUT2D eigenvalue weighted by molar-refractivity contribution is 0.579. The van der Waals surface area contributed by atoms with Gasteiger partial charge in [-0.3, -0.25) is 4.68 Å². The summed E-state index contributed by atoms with van der Waals surface area (Å²) in [6, 6.07) is 0. The van der Waals surface area contributed by atoms with Gasteiger partial charge in [0.15, 0.2) is 5.82 Å². The summed E-state index contributed by atoms with van der Waals surface area (Å²) in [5, 5.41) is 8.96. The van der Waals surface area contributed by atoms with E-state index in [9.17, 15) is 8.42 Å². The highest BCUT2D eigenvalue weighted by Gasteiger charge is 2.07. The molecule has 0 saturated heterocycles. The van der Waals surface area contributed by atoms with Gasteiger partial charge in [0.25, 0.3) is 0 Å². The van der Waals surface area contributed by atoms with Crippen LogP contribution in [0.3, 0.4) is 0 Å². The molecule has 0 spiro atoms. The van der Waals surface area contributed by atoms with Gasteiger partial charge in [-0.25, -0.2) is 18.5 Å². The zero-order valence-corrected chi connectivity index (χ0v) is 9.03. The standard InChI is InChI=1S/C7H14N4O2S/c1-6(2)7-9-5-11(10-7)3-4-14(8,12)13/h5-6H,3-4H2,1-2H3,(H2,8,12,13). The van der Waals surface area contributed by atoms with Crippen LogP contribution in [0, 0.1) is 0 Å². The summed E-state index contributed by atoms with van der Waals surface area (Å²) in [5.41, 5.74) is 0. The first-order valence-electron chi connectivity index (χ1n) is 4.28.